The Kier molecular flexibility index (Phi) is 3.41. The van der Waals surface area contributed by atoms with E-state index in [9.17, 15) is 9.50 Å². The number of nitrogens with one attached hydrogen (secondary N) is 1. The maximum Gasteiger partial charge on any atom is 0.123 e. The molecule has 16 heavy (non-hydrogen) atoms. The van der Waals surface area contributed by atoms with Crippen LogP contribution in [-0.4, -0.2) is 36.2 Å². The molecule has 1 aliphatic rings. The standard InChI is InChI=1S/C12H17FN2O/c1-9(15-6-4-14-5-7-15)11-8-10(13)2-3-12(11)16/h2-3,8-9,14,16H,4-7H2,1H3/t9-/m1/s1. The quantitative estimate of drug-likeness (QED) is 0.799. The van der Waals surface area contributed by atoms with Crippen LogP contribution < -0.4 is 5.32 Å². The Morgan fingerprint density at radius 2 is 2.06 bits per heavy atom. The highest BCUT2D eigenvalue weighted by Crippen LogP contribution is 2.28. The van der Waals surface area contributed by atoms with E-state index < -0.39 is 0 Å². The summed E-state index contributed by atoms with van der Waals surface area (Å²) in [5, 5.41) is 13.0. The molecule has 1 fully saturated rings. The van der Waals surface area contributed by atoms with Gasteiger partial charge in [-0.3, -0.25) is 4.90 Å². The highest BCUT2D eigenvalue weighted by molar-refractivity contribution is 5.35. The molecule has 1 atom stereocenters. The second-order valence-electron chi connectivity index (χ2n) is 4.17. The van der Waals surface area contributed by atoms with Gasteiger partial charge in [-0.2, -0.15) is 0 Å². The number of hydrogen-bond acceptors (Lipinski definition) is 3. The van der Waals surface area contributed by atoms with Gasteiger partial charge in [0.25, 0.3) is 0 Å². The summed E-state index contributed by atoms with van der Waals surface area (Å²) in [6.07, 6.45) is 0. The number of halogens is 1. The van der Waals surface area contributed by atoms with Crippen molar-refractivity contribution in [3.8, 4) is 5.75 Å². The van der Waals surface area contributed by atoms with Crippen molar-refractivity contribution < 1.29 is 9.50 Å². The molecule has 1 heterocycles. The van der Waals surface area contributed by atoms with Crippen molar-refractivity contribution in [1.29, 1.82) is 0 Å². The molecule has 0 saturated carbocycles. The average Bonchev–Trinajstić information content (AvgIpc) is 2.32. The van der Waals surface area contributed by atoms with Crippen LogP contribution in [0.15, 0.2) is 18.2 Å². The highest BCUT2D eigenvalue weighted by atomic mass is 19.1. The predicted molar refractivity (Wildman–Crippen MR) is 60.9 cm³/mol. The van der Waals surface area contributed by atoms with Crippen molar-refractivity contribution in [2.75, 3.05) is 26.2 Å². The molecule has 0 unspecified atom stereocenters. The lowest BCUT2D eigenvalue weighted by atomic mass is 10.0. The van der Waals surface area contributed by atoms with Crippen LogP contribution >= 0.6 is 0 Å². The zero-order chi connectivity index (χ0) is 11.5. The summed E-state index contributed by atoms with van der Waals surface area (Å²) in [6, 6.07) is 4.17. The minimum absolute atomic E-state index is 0.0535. The Hall–Kier alpha value is -1.13. The first kappa shape index (κ1) is 11.4. The third-order valence-corrected chi connectivity index (χ3v) is 3.14. The second-order valence-corrected chi connectivity index (χ2v) is 4.17. The van der Waals surface area contributed by atoms with Gasteiger partial charge in [0.2, 0.25) is 0 Å². The molecule has 1 aromatic carbocycles. The summed E-state index contributed by atoms with van der Waals surface area (Å²) in [5.74, 6) is -0.123. The summed E-state index contributed by atoms with van der Waals surface area (Å²) < 4.78 is 13.1. The van der Waals surface area contributed by atoms with Crippen LogP contribution in [0.1, 0.15) is 18.5 Å². The van der Waals surface area contributed by atoms with E-state index in [1.807, 2.05) is 6.92 Å². The first-order chi connectivity index (χ1) is 7.68. The van der Waals surface area contributed by atoms with Crippen molar-refractivity contribution in [2.45, 2.75) is 13.0 Å². The fourth-order valence-corrected chi connectivity index (χ4v) is 2.13. The van der Waals surface area contributed by atoms with Gasteiger partial charge in [-0.25, -0.2) is 4.39 Å². The number of aromatic hydroxyl groups is 1. The third kappa shape index (κ3) is 2.33. The van der Waals surface area contributed by atoms with Gasteiger partial charge < -0.3 is 10.4 Å². The number of phenols is 1. The third-order valence-electron chi connectivity index (χ3n) is 3.14. The van der Waals surface area contributed by atoms with Gasteiger partial charge in [-0.15, -0.1) is 0 Å². The highest BCUT2D eigenvalue weighted by Gasteiger charge is 2.20. The zero-order valence-corrected chi connectivity index (χ0v) is 9.41. The number of hydrogen-bond donors (Lipinski definition) is 2. The lowest BCUT2D eigenvalue weighted by molar-refractivity contribution is 0.182. The van der Waals surface area contributed by atoms with Gasteiger partial charge in [0, 0.05) is 37.8 Å². The normalized spacial score (nSPS) is 19.6. The van der Waals surface area contributed by atoms with E-state index in [0.717, 1.165) is 26.2 Å². The number of rotatable bonds is 2. The molecule has 88 valence electrons. The Balaban J connectivity index is 2.18. The molecular formula is C12H17FN2O. The molecular weight excluding hydrogens is 207 g/mol. The lowest BCUT2D eigenvalue weighted by Gasteiger charge is -2.33. The molecule has 0 spiro atoms. The number of phenolic OH excluding ortho intramolecular Hbond substituents is 1. The SMILES string of the molecule is C[C@H](c1cc(F)ccc1O)N1CCNCC1. The summed E-state index contributed by atoms with van der Waals surface area (Å²) in [4.78, 5) is 2.24. The Bertz CT molecular complexity index is 364. The summed E-state index contributed by atoms with van der Waals surface area (Å²) >= 11 is 0. The lowest BCUT2D eigenvalue weighted by Crippen LogP contribution is -2.44. The van der Waals surface area contributed by atoms with Crippen LogP contribution in [0.3, 0.4) is 0 Å². The summed E-state index contributed by atoms with van der Waals surface area (Å²) in [5.41, 5.74) is 0.668. The molecule has 1 aliphatic heterocycles. The minimum atomic E-state index is -0.296. The van der Waals surface area contributed by atoms with E-state index in [1.165, 1.54) is 18.2 Å². The molecule has 0 radical (unpaired) electrons. The molecule has 4 heteroatoms. The summed E-state index contributed by atoms with van der Waals surface area (Å²) in [7, 11) is 0. The molecule has 0 aliphatic carbocycles. The fourth-order valence-electron chi connectivity index (χ4n) is 2.13. The van der Waals surface area contributed by atoms with E-state index in [2.05, 4.69) is 10.2 Å². The molecule has 1 aromatic rings. The van der Waals surface area contributed by atoms with E-state index in [-0.39, 0.29) is 17.6 Å². The van der Waals surface area contributed by atoms with E-state index in [4.69, 9.17) is 0 Å². The Morgan fingerprint density at radius 3 is 2.75 bits per heavy atom. The van der Waals surface area contributed by atoms with Crippen molar-refractivity contribution in [1.82, 2.24) is 10.2 Å². The maximum absolute atomic E-state index is 13.1. The summed E-state index contributed by atoms with van der Waals surface area (Å²) in [6.45, 7) is 5.74. The molecule has 0 bridgehead atoms. The fraction of sp³-hybridized carbons (Fsp3) is 0.500. The van der Waals surface area contributed by atoms with E-state index in [0.29, 0.717) is 5.56 Å². The van der Waals surface area contributed by atoms with Crippen molar-refractivity contribution >= 4 is 0 Å². The Labute approximate surface area is 94.9 Å². The van der Waals surface area contributed by atoms with Crippen LogP contribution in [0.4, 0.5) is 4.39 Å². The molecule has 2 N–H and O–H groups in total. The average molecular weight is 224 g/mol. The molecule has 0 aromatic heterocycles. The van der Waals surface area contributed by atoms with Crippen molar-refractivity contribution in [3.63, 3.8) is 0 Å². The maximum atomic E-state index is 13.1. The number of benzene rings is 1. The topological polar surface area (TPSA) is 35.5 Å². The first-order valence-electron chi connectivity index (χ1n) is 5.61. The van der Waals surface area contributed by atoms with Gasteiger partial charge in [-0.05, 0) is 25.1 Å². The van der Waals surface area contributed by atoms with Crippen molar-refractivity contribution in [3.05, 3.63) is 29.6 Å². The van der Waals surface area contributed by atoms with Crippen molar-refractivity contribution in [2.24, 2.45) is 0 Å². The largest absolute Gasteiger partial charge is 0.508 e. The van der Waals surface area contributed by atoms with Crippen LogP contribution in [0.2, 0.25) is 0 Å². The van der Waals surface area contributed by atoms with Crippen LogP contribution in [0.25, 0.3) is 0 Å². The zero-order valence-electron chi connectivity index (χ0n) is 9.41. The monoisotopic (exact) mass is 224 g/mol. The number of nitrogens with zero attached hydrogens (tertiary/aromatic N) is 1. The van der Waals surface area contributed by atoms with Crippen LogP contribution in [-0.2, 0) is 0 Å². The molecule has 1 saturated heterocycles. The van der Waals surface area contributed by atoms with E-state index >= 15 is 0 Å². The molecule has 2 rings (SSSR count). The smallest absolute Gasteiger partial charge is 0.123 e. The van der Waals surface area contributed by atoms with Gasteiger partial charge in [-0.1, -0.05) is 0 Å². The van der Waals surface area contributed by atoms with Crippen LogP contribution in [0.5, 0.6) is 5.75 Å². The predicted octanol–water partition coefficient (Wildman–Crippen LogP) is 1.50. The van der Waals surface area contributed by atoms with Gasteiger partial charge in [0.05, 0.1) is 0 Å². The number of piperazine rings is 1. The van der Waals surface area contributed by atoms with Gasteiger partial charge >= 0.3 is 0 Å². The molecule has 3 nitrogen and oxygen atoms in total. The van der Waals surface area contributed by atoms with E-state index in [1.54, 1.807) is 0 Å². The second kappa shape index (κ2) is 4.80. The van der Waals surface area contributed by atoms with Crippen LogP contribution in [0, 0.1) is 5.82 Å². The molecule has 0 amide bonds. The Morgan fingerprint density at radius 1 is 1.38 bits per heavy atom. The van der Waals surface area contributed by atoms with Gasteiger partial charge in [0.15, 0.2) is 0 Å². The first-order valence-corrected chi connectivity index (χ1v) is 5.61. The minimum Gasteiger partial charge on any atom is -0.508 e. The van der Waals surface area contributed by atoms with Gasteiger partial charge in [0.1, 0.15) is 11.6 Å².